The molecule has 0 amide bonds. The summed E-state index contributed by atoms with van der Waals surface area (Å²) in [6.07, 6.45) is 12.7. The maximum atomic E-state index is 13.5. The van der Waals surface area contributed by atoms with Crippen LogP contribution in [0.4, 0.5) is 0 Å². The predicted octanol–water partition coefficient (Wildman–Crippen LogP) is 5.85. The molecule has 3 aliphatic rings. The number of benzene rings is 1. The number of aryl methyl sites for hydroxylation is 1. The van der Waals surface area contributed by atoms with E-state index in [-0.39, 0.29) is 24.1 Å². The van der Waals surface area contributed by atoms with E-state index in [2.05, 4.69) is 47.4 Å². The molecule has 1 aromatic heterocycles. The molecule has 1 saturated carbocycles. The average molecular weight is 479 g/mol. The number of hydrogen-bond acceptors (Lipinski definition) is 4. The largest absolute Gasteiger partial charge is 0.462 e. The molecule has 0 N–H and O–H groups in total. The summed E-state index contributed by atoms with van der Waals surface area (Å²) >= 11 is 0. The minimum Gasteiger partial charge on any atom is -0.462 e. The van der Waals surface area contributed by atoms with Crippen molar-refractivity contribution < 1.29 is 14.3 Å². The minimum absolute atomic E-state index is 0.0128. The third-order valence-corrected chi connectivity index (χ3v) is 8.45. The highest BCUT2D eigenvalue weighted by Gasteiger charge is 2.43. The topological polar surface area (TPSA) is 43.7 Å². The first-order valence-corrected chi connectivity index (χ1v) is 13.9. The molecule has 5 nitrogen and oxygen atoms in total. The number of fused-ring (bicyclic) bond motifs is 2. The molecule has 0 bridgehead atoms. The number of esters is 1. The Labute approximate surface area is 210 Å². The van der Waals surface area contributed by atoms with Gasteiger partial charge in [-0.05, 0) is 62.6 Å². The predicted molar refractivity (Wildman–Crippen MR) is 141 cm³/mol. The van der Waals surface area contributed by atoms with E-state index in [0.29, 0.717) is 12.0 Å². The summed E-state index contributed by atoms with van der Waals surface area (Å²) in [5.74, 6) is 0.237. The summed E-state index contributed by atoms with van der Waals surface area (Å²) in [7, 11) is 0. The second-order valence-corrected chi connectivity index (χ2v) is 10.8. The van der Waals surface area contributed by atoms with Crippen molar-refractivity contribution in [1.29, 1.82) is 0 Å². The van der Waals surface area contributed by atoms with Crippen molar-refractivity contribution in [2.45, 2.75) is 95.9 Å². The molecule has 35 heavy (non-hydrogen) atoms. The lowest BCUT2D eigenvalue weighted by Gasteiger charge is -2.46. The fourth-order valence-corrected chi connectivity index (χ4v) is 6.97. The van der Waals surface area contributed by atoms with Gasteiger partial charge in [0.25, 0.3) is 0 Å². The first-order valence-electron chi connectivity index (χ1n) is 13.9. The molecule has 1 aliphatic heterocycles. The Balaban J connectivity index is 1.38. The van der Waals surface area contributed by atoms with Crippen molar-refractivity contribution >= 4 is 16.9 Å². The van der Waals surface area contributed by atoms with Crippen LogP contribution in [0.1, 0.15) is 75.8 Å². The Kier molecular flexibility index (Phi) is 7.64. The third-order valence-electron chi connectivity index (χ3n) is 8.45. The fourth-order valence-electron chi connectivity index (χ4n) is 6.97. The molecule has 1 saturated heterocycles. The normalized spacial score (nSPS) is 28.9. The lowest BCUT2D eigenvalue weighted by Crippen LogP contribution is -2.52. The van der Waals surface area contributed by atoms with Crippen LogP contribution >= 0.6 is 0 Å². The highest BCUT2D eigenvalue weighted by atomic mass is 16.5. The van der Waals surface area contributed by atoms with Crippen LogP contribution in [-0.4, -0.2) is 53.4 Å². The lowest BCUT2D eigenvalue weighted by molar-refractivity contribution is -0.158. The molecule has 5 atom stereocenters. The summed E-state index contributed by atoms with van der Waals surface area (Å²) in [5.41, 5.74) is 4.22. The average Bonchev–Trinajstić information content (AvgIpc) is 3.05. The van der Waals surface area contributed by atoms with E-state index in [1.54, 1.807) is 0 Å². The molecule has 5 heteroatoms. The van der Waals surface area contributed by atoms with Crippen LogP contribution in [0.5, 0.6) is 0 Å². The number of rotatable bonds is 8. The van der Waals surface area contributed by atoms with Crippen molar-refractivity contribution in [2.75, 3.05) is 19.7 Å². The summed E-state index contributed by atoms with van der Waals surface area (Å²) in [6, 6.07) is 7.18. The number of piperidine rings is 1. The highest BCUT2D eigenvalue weighted by molar-refractivity contribution is 5.89. The van der Waals surface area contributed by atoms with Crippen LogP contribution < -0.4 is 0 Å². The van der Waals surface area contributed by atoms with E-state index >= 15 is 0 Å². The van der Waals surface area contributed by atoms with Gasteiger partial charge < -0.3 is 14.0 Å². The Morgan fingerprint density at radius 2 is 2.00 bits per heavy atom. The molecule has 0 radical (unpaired) electrons. The highest BCUT2D eigenvalue weighted by Crippen LogP contribution is 2.45. The number of aromatic nitrogens is 1. The molecule has 2 heterocycles. The molecule has 5 rings (SSSR count). The summed E-state index contributed by atoms with van der Waals surface area (Å²) < 4.78 is 14.5. The number of likely N-dealkylation sites (tertiary alicyclic amines) is 1. The smallest absolute Gasteiger partial charge is 0.310 e. The maximum absolute atomic E-state index is 13.5. The fraction of sp³-hybridized carbons (Fsp3) is 0.633. The molecular weight excluding hydrogens is 436 g/mol. The summed E-state index contributed by atoms with van der Waals surface area (Å²) in [4.78, 5) is 16.0. The SMILES string of the molecule is C=CCN1C[C@H](C(=O)OC2CCCCC(OCC)C2)CC2c3cccc4c3c(cn4CCC)C[C@H]21. The zero-order chi connectivity index (χ0) is 24.4. The molecular formula is C30H42N2O3. The Bertz CT molecular complexity index is 1040. The summed E-state index contributed by atoms with van der Waals surface area (Å²) in [5, 5.41) is 1.43. The van der Waals surface area contributed by atoms with Gasteiger partial charge in [-0.15, -0.1) is 6.58 Å². The van der Waals surface area contributed by atoms with Gasteiger partial charge in [0.1, 0.15) is 6.10 Å². The van der Waals surface area contributed by atoms with Gasteiger partial charge in [-0.3, -0.25) is 9.69 Å². The zero-order valence-electron chi connectivity index (χ0n) is 21.6. The zero-order valence-corrected chi connectivity index (χ0v) is 21.6. The van der Waals surface area contributed by atoms with Crippen LogP contribution in [0.25, 0.3) is 10.9 Å². The van der Waals surface area contributed by atoms with Crippen molar-refractivity contribution in [3.05, 3.63) is 48.2 Å². The third kappa shape index (κ3) is 4.95. The molecule has 2 aromatic rings. The van der Waals surface area contributed by atoms with Crippen molar-refractivity contribution in [2.24, 2.45) is 5.92 Å². The van der Waals surface area contributed by atoms with Crippen LogP contribution in [-0.2, 0) is 27.2 Å². The van der Waals surface area contributed by atoms with Gasteiger partial charge >= 0.3 is 5.97 Å². The Hall–Kier alpha value is -2.11. The standard InChI is InChI=1S/C30H42N2O3/c1-4-14-31-19-21-17-28-26(25-12-9-13-27(31)29(21)25)16-22(20-32(28)15-5-2)30(33)35-24-11-8-7-10-23(18-24)34-6-3/h5,9,12-13,19,22-24,26,28H,2,4,6-8,10-11,14-18,20H2,1,3H3/t22-,23?,24?,26?,28-/m1/s1. The molecule has 2 aliphatic carbocycles. The quantitative estimate of drug-likeness (QED) is 0.271. The van der Waals surface area contributed by atoms with E-state index < -0.39 is 0 Å². The summed E-state index contributed by atoms with van der Waals surface area (Å²) in [6.45, 7) is 11.6. The van der Waals surface area contributed by atoms with Gasteiger partial charge in [-0.25, -0.2) is 0 Å². The molecule has 0 spiro atoms. The monoisotopic (exact) mass is 478 g/mol. The Morgan fingerprint density at radius 3 is 2.77 bits per heavy atom. The molecule has 1 aromatic carbocycles. The van der Waals surface area contributed by atoms with Gasteiger partial charge in [-0.2, -0.15) is 0 Å². The first-order chi connectivity index (χ1) is 17.1. The second-order valence-electron chi connectivity index (χ2n) is 10.8. The Morgan fingerprint density at radius 1 is 1.17 bits per heavy atom. The first kappa shape index (κ1) is 24.6. The van der Waals surface area contributed by atoms with Crippen molar-refractivity contribution in [3.8, 4) is 0 Å². The van der Waals surface area contributed by atoms with E-state index in [1.807, 2.05) is 13.0 Å². The van der Waals surface area contributed by atoms with Gasteiger partial charge in [-0.1, -0.05) is 31.6 Å². The second kappa shape index (κ2) is 10.9. The number of carbonyl (C=O) groups is 1. The van der Waals surface area contributed by atoms with Gasteiger partial charge in [0.05, 0.1) is 12.0 Å². The minimum atomic E-state index is -0.0977. The van der Waals surface area contributed by atoms with Crippen LogP contribution in [0.15, 0.2) is 37.1 Å². The van der Waals surface area contributed by atoms with Gasteiger partial charge in [0, 0.05) is 61.7 Å². The van der Waals surface area contributed by atoms with Crippen molar-refractivity contribution in [3.63, 3.8) is 0 Å². The van der Waals surface area contributed by atoms with E-state index in [4.69, 9.17) is 9.47 Å². The number of carbonyl (C=O) groups excluding carboxylic acids is 1. The van der Waals surface area contributed by atoms with E-state index in [9.17, 15) is 4.79 Å². The van der Waals surface area contributed by atoms with E-state index in [0.717, 1.165) is 77.6 Å². The number of ether oxygens (including phenoxy) is 2. The molecule has 190 valence electrons. The van der Waals surface area contributed by atoms with Crippen molar-refractivity contribution in [1.82, 2.24) is 9.47 Å². The van der Waals surface area contributed by atoms with Gasteiger partial charge in [0.15, 0.2) is 0 Å². The van der Waals surface area contributed by atoms with Gasteiger partial charge in [0.2, 0.25) is 0 Å². The molecule has 2 fully saturated rings. The lowest BCUT2D eigenvalue weighted by atomic mass is 9.72. The number of hydrogen-bond donors (Lipinski definition) is 0. The number of nitrogens with zero attached hydrogens (tertiary/aromatic N) is 2. The van der Waals surface area contributed by atoms with Crippen LogP contribution in [0.2, 0.25) is 0 Å². The van der Waals surface area contributed by atoms with Crippen LogP contribution in [0.3, 0.4) is 0 Å². The maximum Gasteiger partial charge on any atom is 0.310 e. The molecule has 3 unspecified atom stereocenters. The van der Waals surface area contributed by atoms with E-state index in [1.165, 1.54) is 22.0 Å². The van der Waals surface area contributed by atoms with Crippen LogP contribution in [0, 0.1) is 5.92 Å².